The van der Waals surface area contributed by atoms with Crippen LogP contribution < -0.4 is 14.4 Å². The maximum Gasteiger partial charge on any atom is 0.240 e. The molecule has 0 amide bonds. The molecule has 0 unspecified atom stereocenters. The molecule has 25 heavy (non-hydrogen) atoms. The van der Waals surface area contributed by atoms with Crippen LogP contribution in [0.3, 0.4) is 0 Å². The first kappa shape index (κ1) is 17.7. The summed E-state index contributed by atoms with van der Waals surface area (Å²) in [6, 6.07) is 14.2. The number of anilines is 1. The van der Waals surface area contributed by atoms with Crippen molar-refractivity contribution in [2.75, 3.05) is 38.3 Å². The minimum atomic E-state index is -3.58. The summed E-state index contributed by atoms with van der Waals surface area (Å²) in [6.07, 6.45) is 0. The molecule has 0 aromatic heterocycles. The molecule has 7 heteroatoms. The molecule has 0 aliphatic carbocycles. The molecule has 0 saturated carbocycles. The molecule has 0 atom stereocenters. The standard InChI is InChI=1S/C18H22N2O4S/c1-23-16-6-8-17(9-7-16)25(21,22)19-14-15-4-2-3-5-18(15)20-10-12-24-13-11-20/h2-9,19H,10-14H2,1H3. The summed E-state index contributed by atoms with van der Waals surface area (Å²) in [4.78, 5) is 2.44. The second-order valence-electron chi connectivity index (χ2n) is 5.73. The molecule has 6 nitrogen and oxygen atoms in total. The van der Waals surface area contributed by atoms with Crippen molar-refractivity contribution in [3.05, 3.63) is 54.1 Å². The molecule has 1 fully saturated rings. The first-order valence-electron chi connectivity index (χ1n) is 8.14. The third-order valence-electron chi connectivity index (χ3n) is 4.17. The highest BCUT2D eigenvalue weighted by atomic mass is 32.2. The van der Waals surface area contributed by atoms with Crippen LogP contribution in [0.2, 0.25) is 0 Å². The first-order valence-corrected chi connectivity index (χ1v) is 9.63. The molecule has 2 aromatic rings. The van der Waals surface area contributed by atoms with Crippen molar-refractivity contribution >= 4 is 15.7 Å². The van der Waals surface area contributed by atoms with Gasteiger partial charge in [-0.25, -0.2) is 13.1 Å². The molecule has 1 heterocycles. The van der Waals surface area contributed by atoms with E-state index in [0.29, 0.717) is 19.0 Å². The number of methoxy groups -OCH3 is 1. The number of morpholine rings is 1. The summed E-state index contributed by atoms with van der Waals surface area (Å²) in [6.45, 7) is 3.23. The van der Waals surface area contributed by atoms with Crippen LogP contribution >= 0.6 is 0 Å². The summed E-state index contributed by atoms with van der Waals surface area (Å²) in [7, 11) is -2.03. The van der Waals surface area contributed by atoms with Gasteiger partial charge >= 0.3 is 0 Å². The van der Waals surface area contributed by atoms with Gasteiger partial charge in [0.05, 0.1) is 25.2 Å². The van der Waals surface area contributed by atoms with Crippen LogP contribution in [-0.4, -0.2) is 41.8 Å². The quantitative estimate of drug-likeness (QED) is 0.851. The number of para-hydroxylation sites is 1. The Morgan fingerprint density at radius 2 is 1.76 bits per heavy atom. The third kappa shape index (κ3) is 4.31. The lowest BCUT2D eigenvalue weighted by molar-refractivity contribution is 0.122. The van der Waals surface area contributed by atoms with Gasteiger partial charge in [-0.15, -0.1) is 0 Å². The fourth-order valence-electron chi connectivity index (χ4n) is 2.78. The van der Waals surface area contributed by atoms with Crippen molar-refractivity contribution in [2.24, 2.45) is 0 Å². The number of ether oxygens (including phenoxy) is 2. The van der Waals surface area contributed by atoms with Crippen molar-refractivity contribution in [3.8, 4) is 5.75 Å². The van der Waals surface area contributed by atoms with Gasteiger partial charge in [-0.3, -0.25) is 0 Å². The maximum atomic E-state index is 12.5. The molecule has 1 aliphatic rings. The van der Waals surface area contributed by atoms with Gasteiger partial charge in [0.1, 0.15) is 5.75 Å². The molecule has 0 radical (unpaired) electrons. The monoisotopic (exact) mass is 362 g/mol. The van der Waals surface area contributed by atoms with E-state index in [1.807, 2.05) is 24.3 Å². The first-order chi connectivity index (χ1) is 12.1. The Morgan fingerprint density at radius 1 is 1.08 bits per heavy atom. The number of hydrogen-bond acceptors (Lipinski definition) is 5. The van der Waals surface area contributed by atoms with E-state index < -0.39 is 10.0 Å². The minimum absolute atomic E-state index is 0.220. The number of nitrogens with one attached hydrogen (secondary N) is 1. The van der Waals surface area contributed by atoms with Crippen molar-refractivity contribution < 1.29 is 17.9 Å². The molecular formula is C18H22N2O4S. The lowest BCUT2D eigenvalue weighted by Gasteiger charge is -2.30. The Kier molecular flexibility index (Phi) is 5.57. The normalized spacial score (nSPS) is 15.2. The van der Waals surface area contributed by atoms with Crippen LogP contribution in [0.5, 0.6) is 5.75 Å². The van der Waals surface area contributed by atoms with Gasteiger partial charge in [-0.05, 0) is 35.9 Å². The van der Waals surface area contributed by atoms with E-state index in [1.165, 1.54) is 12.1 Å². The van der Waals surface area contributed by atoms with Crippen molar-refractivity contribution in [3.63, 3.8) is 0 Å². The Balaban J connectivity index is 1.74. The fraction of sp³-hybridized carbons (Fsp3) is 0.333. The average Bonchev–Trinajstić information content (AvgIpc) is 2.67. The summed E-state index contributed by atoms with van der Waals surface area (Å²) < 4.78 is 38.1. The molecule has 1 N–H and O–H groups in total. The van der Waals surface area contributed by atoms with Crippen molar-refractivity contribution in [1.82, 2.24) is 4.72 Å². The number of hydrogen-bond donors (Lipinski definition) is 1. The van der Waals surface area contributed by atoms with Crippen molar-refractivity contribution in [2.45, 2.75) is 11.4 Å². The zero-order chi connectivity index (χ0) is 17.7. The van der Waals surface area contributed by atoms with Crippen LogP contribution in [0, 0.1) is 0 Å². The third-order valence-corrected chi connectivity index (χ3v) is 5.58. The van der Waals surface area contributed by atoms with E-state index >= 15 is 0 Å². The molecule has 134 valence electrons. The Hall–Kier alpha value is -2.09. The predicted molar refractivity (Wildman–Crippen MR) is 96.5 cm³/mol. The van der Waals surface area contributed by atoms with E-state index in [4.69, 9.17) is 9.47 Å². The number of sulfonamides is 1. The van der Waals surface area contributed by atoms with Gasteiger partial charge in [0.25, 0.3) is 0 Å². The second-order valence-corrected chi connectivity index (χ2v) is 7.50. The van der Waals surface area contributed by atoms with Gasteiger partial charge in [-0.2, -0.15) is 0 Å². The molecule has 3 rings (SSSR count). The highest BCUT2D eigenvalue weighted by molar-refractivity contribution is 7.89. The lowest BCUT2D eigenvalue weighted by atomic mass is 10.1. The molecular weight excluding hydrogens is 340 g/mol. The SMILES string of the molecule is COc1ccc(S(=O)(=O)NCc2ccccc2N2CCOCC2)cc1. The topological polar surface area (TPSA) is 67.9 Å². The molecule has 0 bridgehead atoms. The Morgan fingerprint density at radius 3 is 2.44 bits per heavy atom. The van der Waals surface area contributed by atoms with E-state index in [9.17, 15) is 8.42 Å². The van der Waals surface area contributed by atoms with E-state index in [0.717, 1.165) is 24.3 Å². The van der Waals surface area contributed by atoms with Crippen LogP contribution in [0.15, 0.2) is 53.4 Å². The van der Waals surface area contributed by atoms with E-state index in [1.54, 1.807) is 19.2 Å². The fourth-order valence-corrected chi connectivity index (χ4v) is 3.79. The van der Waals surface area contributed by atoms with E-state index in [-0.39, 0.29) is 11.4 Å². The predicted octanol–water partition coefficient (Wildman–Crippen LogP) is 2.01. The molecule has 2 aromatic carbocycles. The lowest BCUT2D eigenvalue weighted by Crippen LogP contribution is -2.37. The van der Waals surface area contributed by atoms with Crippen LogP contribution in [0.25, 0.3) is 0 Å². The largest absolute Gasteiger partial charge is 0.497 e. The smallest absolute Gasteiger partial charge is 0.240 e. The van der Waals surface area contributed by atoms with Gasteiger partial charge in [0.15, 0.2) is 0 Å². The highest BCUT2D eigenvalue weighted by Gasteiger charge is 2.17. The zero-order valence-electron chi connectivity index (χ0n) is 14.1. The van der Waals surface area contributed by atoms with Crippen molar-refractivity contribution in [1.29, 1.82) is 0 Å². The summed E-state index contributed by atoms with van der Waals surface area (Å²) >= 11 is 0. The van der Waals surface area contributed by atoms with Gasteiger partial charge in [0, 0.05) is 25.3 Å². The molecule has 1 aliphatic heterocycles. The number of nitrogens with zero attached hydrogens (tertiary/aromatic N) is 1. The number of benzene rings is 2. The van der Waals surface area contributed by atoms with Gasteiger partial charge in [0.2, 0.25) is 10.0 Å². The second kappa shape index (κ2) is 7.86. The van der Waals surface area contributed by atoms with Crippen LogP contribution in [0.1, 0.15) is 5.56 Å². The Labute approximate surface area is 148 Å². The summed E-state index contributed by atoms with van der Waals surface area (Å²) in [5.41, 5.74) is 1.99. The highest BCUT2D eigenvalue weighted by Crippen LogP contribution is 2.22. The van der Waals surface area contributed by atoms with Crippen LogP contribution in [-0.2, 0) is 21.3 Å². The Bertz CT molecular complexity index is 800. The van der Waals surface area contributed by atoms with Crippen LogP contribution in [0.4, 0.5) is 5.69 Å². The summed E-state index contributed by atoms with van der Waals surface area (Å²) in [5, 5.41) is 0. The number of rotatable bonds is 6. The van der Waals surface area contributed by atoms with Gasteiger partial charge in [-0.1, -0.05) is 18.2 Å². The zero-order valence-corrected chi connectivity index (χ0v) is 15.0. The maximum absolute atomic E-state index is 12.5. The minimum Gasteiger partial charge on any atom is -0.497 e. The molecule has 0 spiro atoms. The van der Waals surface area contributed by atoms with E-state index in [2.05, 4.69) is 9.62 Å². The van der Waals surface area contributed by atoms with Gasteiger partial charge < -0.3 is 14.4 Å². The molecule has 1 saturated heterocycles. The average molecular weight is 362 g/mol. The summed E-state index contributed by atoms with van der Waals surface area (Å²) in [5.74, 6) is 0.622.